The largest absolute Gasteiger partial charge is 0.358 e. The topological polar surface area (TPSA) is 54.0 Å². The Morgan fingerprint density at radius 2 is 2.12 bits per heavy atom. The van der Waals surface area contributed by atoms with E-state index in [1.807, 2.05) is 26.0 Å². The van der Waals surface area contributed by atoms with Crippen LogP contribution in [0.25, 0.3) is 0 Å². The zero-order valence-electron chi connectivity index (χ0n) is 9.62. The van der Waals surface area contributed by atoms with Crippen LogP contribution < -0.4 is 10.6 Å². The first kappa shape index (κ1) is 13.0. The van der Waals surface area contributed by atoms with Crippen LogP contribution in [0, 0.1) is 0 Å². The molecule has 4 nitrogen and oxygen atoms in total. The smallest absolute Gasteiger partial charge is 0.242 e. The molecular formula is C11H16BrN3O. The molecule has 2 N–H and O–H groups in total. The zero-order valence-corrected chi connectivity index (χ0v) is 11.2. The Balaban J connectivity index is 2.61. The predicted molar refractivity (Wildman–Crippen MR) is 68.3 cm³/mol. The highest BCUT2D eigenvalue weighted by Gasteiger charge is 2.14. The average Bonchev–Trinajstić information content (AvgIpc) is 2.20. The second-order valence-corrected chi connectivity index (χ2v) is 4.72. The molecule has 0 saturated carbocycles. The van der Waals surface area contributed by atoms with Gasteiger partial charge in [-0.25, -0.2) is 4.98 Å². The van der Waals surface area contributed by atoms with E-state index in [-0.39, 0.29) is 18.0 Å². The Morgan fingerprint density at radius 1 is 1.44 bits per heavy atom. The molecule has 1 aromatic rings. The molecule has 0 aliphatic carbocycles. The van der Waals surface area contributed by atoms with Crippen LogP contribution >= 0.6 is 15.9 Å². The number of carbonyl (C=O) groups excluding carboxylic acids is 1. The molecule has 0 aromatic carbocycles. The van der Waals surface area contributed by atoms with E-state index in [1.54, 1.807) is 13.1 Å². The summed E-state index contributed by atoms with van der Waals surface area (Å²) in [6.07, 6.45) is 1.68. The molecular weight excluding hydrogens is 270 g/mol. The summed E-state index contributed by atoms with van der Waals surface area (Å²) >= 11 is 3.37. The second-order valence-electron chi connectivity index (χ2n) is 3.86. The Labute approximate surface area is 104 Å². The normalized spacial score (nSPS) is 12.3. The van der Waals surface area contributed by atoms with Gasteiger partial charge >= 0.3 is 0 Å². The minimum Gasteiger partial charge on any atom is -0.358 e. The third kappa shape index (κ3) is 3.81. The predicted octanol–water partition coefficient (Wildman–Crippen LogP) is 2.17. The van der Waals surface area contributed by atoms with Crippen LogP contribution in [0.4, 0.5) is 5.82 Å². The average molecular weight is 286 g/mol. The number of aromatic nitrogens is 1. The highest BCUT2D eigenvalue weighted by Crippen LogP contribution is 2.18. The lowest BCUT2D eigenvalue weighted by Crippen LogP contribution is -2.41. The number of nitrogens with one attached hydrogen (secondary N) is 2. The number of nitrogens with zero attached hydrogens (tertiary/aromatic N) is 1. The van der Waals surface area contributed by atoms with E-state index in [1.165, 1.54) is 0 Å². The van der Waals surface area contributed by atoms with Gasteiger partial charge in [0.05, 0.1) is 4.47 Å². The van der Waals surface area contributed by atoms with E-state index in [9.17, 15) is 4.79 Å². The Morgan fingerprint density at radius 3 is 2.69 bits per heavy atom. The summed E-state index contributed by atoms with van der Waals surface area (Å²) in [5.41, 5.74) is 0. The maximum Gasteiger partial charge on any atom is 0.242 e. The molecule has 88 valence electrons. The van der Waals surface area contributed by atoms with Crippen molar-refractivity contribution in [1.82, 2.24) is 10.3 Å². The van der Waals surface area contributed by atoms with Crippen molar-refractivity contribution >= 4 is 27.7 Å². The number of hydrogen-bond acceptors (Lipinski definition) is 3. The van der Waals surface area contributed by atoms with Gasteiger partial charge in [-0.3, -0.25) is 4.79 Å². The van der Waals surface area contributed by atoms with Gasteiger partial charge in [-0.05, 0) is 48.8 Å². The van der Waals surface area contributed by atoms with Crippen molar-refractivity contribution in [2.24, 2.45) is 0 Å². The first-order valence-electron chi connectivity index (χ1n) is 5.18. The SMILES string of the molecule is CC(C)NC(=O)C(C)Nc1ncccc1Br. The van der Waals surface area contributed by atoms with Gasteiger partial charge in [0.1, 0.15) is 11.9 Å². The summed E-state index contributed by atoms with van der Waals surface area (Å²) < 4.78 is 0.846. The molecule has 0 bridgehead atoms. The van der Waals surface area contributed by atoms with Gasteiger partial charge in [0.15, 0.2) is 0 Å². The Bertz CT molecular complexity index is 368. The van der Waals surface area contributed by atoms with Crippen molar-refractivity contribution in [3.63, 3.8) is 0 Å². The summed E-state index contributed by atoms with van der Waals surface area (Å²) in [6, 6.07) is 3.54. The second kappa shape index (κ2) is 5.84. The number of halogens is 1. The summed E-state index contributed by atoms with van der Waals surface area (Å²) in [6.45, 7) is 5.67. The molecule has 0 fully saturated rings. The zero-order chi connectivity index (χ0) is 12.1. The quantitative estimate of drug-likeness (QED) is 0.892. The molecule has 1 heterocycles. The number of rotatable bonds is 4. The van der Waals surface area contributed by atoms with Gasteiger partial charge in [-0.2, -0.15) is 0 Å². The van der Waals surface area contributed by atoms with Crippen molar-refractivity contribution in [2.45, 2.75) is 32.9 Å². The van der Waals surface area contributed by atoms with E-state index in [4.69, 9.17) is 0 Å². The fourth-order valence-corrected chi connectivity index (χ4v) is 1.54. The first-order valence-corrected chi connectivity index (χ1v) is 5.97. The monoisotopic (exact) mass is 285 g/mol. The van der Waals surface area contributed by atoms with E-state index >= 15 is 0 Å². The molecule has 5 heteroatoms. The van der Waals surface area contributed by atoms with Gasteiger partial charge in [0.2, 0.25) is 5.91 Å². The van der Waals surface area contributed by atoms with Crippen LogP contribution in [0.15, 0.2) is 22.8 Å². The van der Waals surface area contributed by atoms with Crippen molar-refractivity contribution in [2.75, 3.05) is 5.32 Å². The summed E-state index contributed by atoms with van der Waals surface area (Å²) in [7, 11) is 0. The molecule has 0 aliphatic rings. The highest BCUT2D eigenvalue weighted by atomic mass is 79.9. The van der Waals surface area contributed by atoms with Crippen LogP contribution in [0.1, 0.15) is 20.8 Å². The molecule has 0 spiro atoms. The standard InChI is InChI=1S/C11H16BrN3O/c1-7(2)14-11(16)8(3)15-10-9(12)5-4-6-13-10/h4-8H,1-3H3,(H,13,15)(H,14,16). The molecule has 1 amide bonds. The van der Waals surface area contributed by atoms with Crippen molar-refractivity contribution in [3.05, 3.63) is 22.8 Å². The number of carbonyl (C=O) groups is 1. The van der Waals surface area contributed by atoms with E-state index < -0.39 is 0 Å². The van der Waals surface area contributed by atoms with E-state index in [0.717, 1.165) is 4.47 Å². The minimum absolute atomic E-state index is 0.0347. The fourth-order valence-electron chi connectivity index (χ4n) is 1.17. The van der Waals surface area contributed by atoms with Gasteiger partial charge in [0, 0.05) is 12.2 Å². The molecule has 0 radical (unpaired) electrons. The van der Waals surface area contributed by atoms with E-state index in [2.05, 4.69) is 31.5 Å². The van der Waals surface area contributed by atoms with Crippen LogP contribution in [0.5, 0.6) is 0 Å². The van der Waals surface area contributed by atoms with Crippen LogP contribution in [0.2, 0.25) is 0 Å². The third-order valence-electron chi connectivity index (χ3n) is 1.94. The van der Waals surface area contributed by atoms with Gasteiger partial charge in [-0.15, -0.1) is 0 Å². The van der Waals surface area contributed by atoms with Crippen molar-refractivity contribution in [1.29, 1.82) is 0 Å². The number of hydrogen-bond donors (Lipinski definition) is 2. The molecule has 1 atom stereocenters. The van der Waals surface area contributed by atoms with Crippen molar-refractivity contribution < 1.29 is 4.79 Å². The maximum absolute atomic E-state index is 11.7. The number of amides is 1. The van der Waals surface area contributed by atoms with Crippen LogP contribution in [0.3, 0.4) is 0 Å². The Kier molecular flexibility index (Phi) is 4.73. The van der Waals surface area contributed by atoms with Crippen LogP contribution in [-0.2, 0) is 4.79 Å². The summed E-state index contributed by atoms with van der Waals surface area (Å²) in [5.74, 6) is 0.640. The molecule has 1 rings (SSSR count). The molecule has 1 unspecified atom stereocenters. The first-order chi connectivity index (χ1) is 7.50. The molecule has 0 aliphatic heterocycles. The summed E-state index contributed by atoms with van der Waals surface area (Å²) in [5, 5.41) is 5.88. The fraction of sp³-hybridized carbons (Fsp3) is 0.455. The molecule has 1 aromatic heterocycles. The highest BCUT2D eigenvalue weighted by molar-refractivity contribution is 9.10. The lowest BCUT2D eigenvalue weighted by Gasteiger charge is -2.16. The van der Waals surface area contributed by atoms with Gasteiger partial charge in [-0.1, -0.05) is 0 Å². The van der Waals surface area contributed by atoms with Gasteiger partial charge < -0.3 is 10.6 Å². The lowest BCUT2D eigenvalue weighted by atomic mass is 10.3. The Hall–Kier alpha value is -1.10. The van der Waals surface area contributed by atoms with Crippen molar-refractivity contribution in [3.8, 4) is 0 Å². The third-order valence-corrected chi connectivity index (χ3v) is 2.58. The van der Waals surface area contributed by atoms with E-state index in [0.29, 0.717) is 5.82 Å². The van der Waals surface area contributed by atoms with Crippen LogP contribution in [-0.4, -0.2) is 23.0 Å². The van der Waals surface area contributed by atoms with Gasteiger partial charge in [0.25, 0.3) is 0 Å². The summed E-state index contributed by atoms with van der Waals surface area (Å²) in [4.78, 5) is 15.8. The molecule has 0 saturated heterocycles. The molecule has 16 heavy (non-hydrogen) atoms. The number of anilines is 1. The maximum atomic E-state index is 11.7. The number of pyridine rings is 1. The minimum atomic E-state index is -0.311. The lowest BCUT2D eigenvalue weighted by molar-refractivity contribution is -0.122.